The van der Waals surface area contributed by atoms with Crippen LogP contribution in [0.4, 0.5) is 0 Å². The van der Waals surface area contributed by atoms with Crippen LogP contribution in [-0.2, 0) is 19.1 Å². The van der Waals surface area contributed by atoms with Crippen molar-refractivity contribution < 1.29 is 19.1 Å². The Balaban J connectivity index is 2.46. The fourth-order valence-electron chi connectivity index (χ4n) is 3.59. The maximum absolute atomic E-state index is 12.3. The highest BCUT2D eigenvalue weighted by Crippen LogP contribution is 2.53. The van der Waals surface area contributed by atoms with E-state index in [0.717, 1.165) is 24.0 Å². The maximum Gasteiger partial charge on any atom is 0.320 e. The summed E-state index contributed by atoms with van der Waals surface area (Å²) in [6.45, 7) is 5.28. The highest BCUT2D eigenvalue weighted by Gasteiger charge is 2.58. The molecule has 0 spiro atoms. The molecule has 2 unspecified atom stereocenters. The van der Waals surface area contributed by atoms with Gasteiger partial charge in [-0.25, -0.2) is 0 Å². The van der Waals surface area contributed by atoms with Crippen LogP contribution in [0, 0.1) is 11.3 Å². The lowest BCUT2D eigenvalue weighted by Gasteiger charge is -2.34. The number of esters is 1. The van der Waals surface area contributed by atoms with Crippen LogP contribution in [0.1, 0.15) is 46.5 Å². The molecule has 2 aliphatic rings. The number of allylic oxidation sites excluding steroid dienone is 2. The van der Waals surface area contributed by atoms with Crippen molar-refractivity contribution in [3.63, 3.8) is 0 Å². The lowest BCUT2D eigenvalue weighted by atomic mass is 9.67. The van der Waals surface area contributed by atoms with Gasteiger partial charge in [-0.3, -0.25) is 14.4 Å². The van der Waals surface area contributed by atoms with E-state index in [1.807, 2.05) is 6.92 Å². The SMILES string of the molecule is CCOC(=O)C1(C(C)=O)CC(C)=C2C(=O)CCCC21. The van der Waals surface area contributed by atoms with E-state index in [9.17, 15) is 14.4 Å². The summed E-state index contributed by atoms with van der Waals surface area (Å²) in [7, 11) is 0. The zero-order chi connectivity index (χ0) is 14.2. The molecule has 0 radical (unpaired) electrons. The molecule has 4 nitrogen and oxygen atoms in total. The van der Waals surface area contributed by atoms with Crippen LogP contribution >= 0.6 is 0 Å². The molecule has 0 aliphatic heterocycles. The normalized spacial score (nSPS) is 30.3. The minimum absolute atomic E-state index is 0.0983. The van der Waals surface area contributed by atoms with Crippen LogP contribution in [0.5, 0.6) is 0 Å². The first-order valence-corrected chi connectivity index (χ1v) is 6.86. The zero-order valence-electron chi connectivity index (χ0n) is 11.7. The molecule has 104 valence electrons. The average Bonchev–Trinajstić information content (AvgIpc) is 2.65. The first kappa shape index (κ1) is 14.0. The van der Waals surface area contributed by atoms with Gasteiger partial charge >= 0.3 is 5.97 Å². The average molecular weight is 264 g/mol. The molecule has 0 saturated heterocycles. The van der Waals surface area contributed by atoms with Crippen molar-refractivity contribution in [2.45, 2.75) is 46.5 Å². The van der Waals surface area contributed by atoms with Crippen molar-refractivity contribution >= 4 is 17.5 Å². The van der Waals surface area contributed by atoms with Gasteiger partial charge in [-0.1, -0.05) is 5.57 Å². The van der Waals surface area contributed by atoms with Crippen molar-refractivity contribution in [1.82, 2.24) is 0 Å². The fourth-order valence-corrected chi connectivity index (χ4v) is 3.59. The van der Waals surface area contributed by atoms with Crippen molar-refractivity contribution in [2.24, 2.45) is 11.3 Å². The molecule has 0 bridgehead atoms. The van der Waals surface area contributed by atoms with Gasteiger partial charge in [0.2, 0.25) is 0 Å². The number of rotatable bonds is 3. The third-order valence-electron chi connectivity index (χ3n) is 4.41. The van der Waals surface area contributed by atoms with Gasteiger partial charge in [0.05, 0.1) is 6.61 Å². The quantitative estimate of drug-likeness (QED) is 0.579. The molecule has 2 atom stereocenters. The molecule has 0 heterocycles. The minimum atomic E-state index is -1.15. The predicted octanol–water partition coefficient (Wildman–Crippen LogP) is 2.21. The van der Waals surface area contributed by atoms with E-state index in [4.69, 9.17) is 4.74 Å². The van der Waals surface area contributed by atoms with Crippen LogP contribution in [0.3, 0.4) is 0 Å². The standard InChI is InChI=1S/C15H20O4/c1-4-19-14(18)15(10(3)16)8-9(2)13-11(15)6-5-7-12(13)17/h11H,4-8H2,1-3H3. The molecule has 2 rings (SSSR count). The Hall–Kier alpha value is -1.45. The minimum Gasteiger partial charge on any atom is -0.465 e. The molecule has 0 amide bonds. The van der Waals surface area contributed by atoms with Gasteiger partial charge in [-0.05, 0) is 45.6 Å². The summed E-state index contributed by atoms with van der Waals surface area (Å²) in [4.78, 5) is 36.5. The van der Waals surface area contributed by atoms with Crippen LogP contribution in [0.25, 0.3) is 0 Å². The Labute approximate surface area is 113 Å². The van der Waals surface area contributed by atoms with Crippen LogP contribution in [0.15, 0.2) is 11.1 Å². The molecule has 2 aliphatic carbocycles. The molecule has 0 N–H and O–H groups in total. The number of carbonyl (C=O) groups excluding carboxylic acids is 3. The van der Waals surface area contributed by atoms with Gasteiger partial charge in [0.15, 0.2) is 5.78 Å². The van der Waals surface area contributed by atoms with E-state index in [0.29, 0.717) is 12.8 Å². The second-order valence-electron chi connectivity index (χ2n) is 5.49. The lowest BCUT2D eigenvalue weighted by molar-refractivity contribution is -0.162. The summed E-state index contributed by atoms with van der Waals surface area (Å²) in [6, 6.07) is 0. The molecule has 0 aromatic rings. The summed E-state index contributed by atoms with van der Waals surface area (Å²) in [5, 5.41) is 0. The van der Waals surface area contributed by atoms with Gasteiger partial charge in [-0.15, -0.1) is 0 Å². The van der Waals surface area contributed by atoms with Crippen LogP contribution < -0.4 is 0 Å². The summed E-state index contributed by atoms with van der Waals surface area (Å²) >= 11 is 0. The predicted molar refractivity (Wildman–Crippen MR) is 69.4 cm³/mol. The van der Waals surface area contributed by atoms with Gasteiger partial charge < -0.3 is 4.74 Å². The largest absolute Gasteiger partial charge is 0.465 e. The first-order chi connectivity index (χ1) is 8.95. The zero-order valence-corrected chi connectivity index (χ0v) is 11.7. The first-order valence-electron chi connectivity index (χ1n) is 6.86. The fraction of sp³-hybridized carbons (Fsp3) is 0.667. The summed E-state index contributed by atoms with van der Waals surface area (Å²) in [5.41, 5.74) is 0.457. The number of Topliss-reactive ketones (excluding diaryl/α,β-unsaturated/α-hetero) is 2. The van der Waals surface area contributed by atoms with Gasteiger partial charge in [0.25, 0.3) is 0 Å². The van der Waals surface area contributed by atoms with Gasteiger partial charge in [0, 0.05) is 12.3 Å². The topological polar surface area (TPSA) is 60.4 Å². The van der Waals surface area contributed by atoms with Crippen molar-refractivity contribution in [3.8, 4) is 0 Å². The van der Waals surface area contributed by atoms with Crippen LogP contribution in [0.2, 0.25) is 0 Å². The van der Waals surface area contributed by atoms with E-state index in [-0.39, 0.29) is 24.1 Å². The molecule has 0 aromatic heterocycles. The summed E-state index contributed by atoms with van der Waals surface area (Å²) in [5.74, 6) is -0.817. The van der Waals surface area contributed by atoms with E-state index in [2.05, 4.69) is 0 Å². The molecular formula is C15H20O4. The molecule has 1 fully saturated rings. The Morgan fingerprint density at radius 1 is 1.42 bits per heavy atom. The monoisotopic (exact) mass is 264 g/mol. The molecule has 0 aromatic carbocycles. The third-order valence-corrected chi connectivity index (χ3v) is 4.41. The Morgan fingerprint density at radius 3 is 2.68 bits per heavy atom. The highest BCUT2D eigenvalue weighted by molar-refractivity contribution is 6.08. The van der Waals surface area contributed by atoms with Crippen molar-refractivity contribution in [1.29, 1.82) is 0 Å². The Bertz CT molecular complexity index is 475. The van der Waals surface area contributed by atoms with E-state index < -0.39 is 11.4 Å². The Morgan fingerprint density at radius 2 is 2.11 bits per heavy atom. The maximum atomic E-state index is 12.3. The lowest BCUT2D eigenvalue weighted by Crippen LogP contribution is -2.45. The number of hydrogen-bond donors (Lipinski definition) is 0. The number of carbonyl (C=O) groups is 3. The number of fused-ring (bicyclic) bond motifs is 1. The second-order valence-corrected chi connectivity index (χ2v) is 5.49. The third kappa shape index (κ3) is 1.94. The smallest absolute Gasteiger partial charge is 0.320 e. The van der Waals surface area contributed by atoms with Gasteiger partial charge in [-0.2, -0.15) is 0 Å². The van der Waals surface area contributed by atoms with Crippen LogP contribution in [-0.4, -0.2) is 24.1 Å². The summed E-state index contributed by atoms with van der Waals surface area (Å²) in [6.07, 6.45) is 2.33. The van der Waals surface area contributed by atoms with Gasteiger partial charge in [0.1, 0.15) is 11.2 Å². The van der Waals surface area contributed by atoms with Crippen molar-refractivity contribution in [3.05, 3.63) is 11.1 Å². The van der Waals surface area contributed by atoms with Crippen molar-refractivity contribution in [2.75, 3.05) is 6.61 Å². The highest BCUT2D eigenvalue weighted by atomic mass is 16.5. The molecule has 1 saturated carbocycles. The number of ether oxygens (including phenoxy) is 1. The van der Waals surface area contributed by atoms with E-state index >= 15 is 0 Å². The number of ketones is 2. The van der Waals surface area contributed by atoms with E-state index in [1.165, 1.54) is 6.92 Å². The second kappa shape index (κ2) is 4.91. The van der Waals surface area contributed by atoms with E-state index in [1.54, 1.807) is 6.92 Å². The molecule has 19 heavy (non-hydrogen) atoms. The Kier molecular flexibility index (Phi) is 3.61. The summed E-state index contributed by atoms with van der Waals surface area (Å²) < 4.78 is 5.13. The number of hydrogen-bond acceptors (Lipinski definition) is 4. The molecule has 4 heteroatoms. The molecular weight excluding hydrogens is 244 g/mol.